The standard InChI is InChI=1S/C18H15N3O2S/c1-10-6-14(13-7-12(23-3)4-5-16(13)20-10)17(22)15(8-19)18-21-11(2)9-24-18/h4-7,9,15H,1-3H3/t15-/m0/s1. The lowest BCUT2D eigenvalue weighted by atomic mass is 9.95. The summed E-state index contributed by atoms with van der Waals surface area (Å²) in [4.78, 5) is 21.8. The molecule has 0 aliphatic carbocycles. The first kappa shape index (κ1) is 16.1. The zero-order valence-corrected chi connectivity index (χ0v) is 14.3. The molecule has 3 aromatic rings. The van der Waals surface area contributed by atoms with E-state index in [1.807, 2.05) is 25.3 Å². The molecular weight excluding hydrogens is 322 g/mol. The van der Waals surface area contributed by atoms with Crippen LogP contribution in [-0.4, -0.2) is 22.9 Å². The van der Waals surface area contributed by atoms with Crippen LogP contribution in [-0.2, 0) is 0 Å². The van der Waals surface area contributed by atoms with E-state index in [-0.39, 0.29) is 5.78 Å². The number of ether oxygens (including phenoxy) is 1. The van der Waals surface area contributed by atoms with Crippen LogP contribution in [0.25, 0.3) is 10.9 Å². The van der Waals surface area contributed by atoms with Crippen LogP contribution < -0.4 is 4.74 Å². The lowest BCUT2D eigenvalue weighted by Crippen LogP contribution is -2.12. The van der Waals surface area contributed by atoms with Gasteiger partial charge in [0, 0.05) is 27.7 Å². The highest BCUT2D eigenvalue weighted by atomic mass is 32.1. The summed E-state index contributed by atoms with van der Waals surface area (Å²) < 4.78 is 5.25. The monoisotopic (exact) mass is 337 g/mol. The molecule has 1 aromatic carbocycles. The van der Waals surface area contributed by atoms with Crippen LogP contribution in [0.15, 0.2) is 29.6 Å². The van der Waals surface area contributed by atoms with Gasteiger partial charge in [-0.3, -0.25) is 9.78 Å². The molecule has 0 fully saturated rings. The number of thiazole rings is 1. The number of fused-ring (bicyclic) bond motifs is 1. The van der Waals surface area contributed by atoms with Crippen molar-refractivity contribution in [1.29, 1.82) is 5.26 Å². The van der Waals surface area contributed by atoms with E-state index in [2.05, 4.69) is 16.0 Å². The van der Waals surface area contributed by atoms with E-state index in [1.165, 1.54) is 11.3 Å². The number of methoxy groups -OCH3 is 1. The number of benzene rings is 1. The van der Waals surface area contributed by atoms with Gasteiger partial charge in [0.25, 0.3) is 0 Å². The molecular formula is C18H15N3O2S. The normalized spacial score (nSPS) is 11.9. The van der Waals surface area contributed by atoms with Crippen molar-refractivity contribution >= 4 is 28.0 Å². The van der Waals surface area contributed by atoms with Gasteiger partial charge < -0.3 is 4.74 Å². The van der Waals surface area contributed by atoms with E-state index in [4.69, 9.17) is 4.74 Å². The molecule has 1 atom stereocenters. The molecule has 3 rings (SSSR count). The minimum atomic E-state index is -0.917. The number of Topliss-reactive ketones (excluding diaryl/α,β-unsaturated/α-hetero) is 1. The summed E-state index contributed by atoms with van der Waals surface area (Å²) in [5, 5.41) is 12.6. The Hall–Kier alpha value is -2.78. The second-order valence-corrected chi connectivity index (χ2v) is 6.34. The molecule has 0 saturated heterocycles. The van der Waals surface area contributed by atoms with Crippen molar-refractivity contribution in [2.24, 2.45) is 0 Å². The first-order valence-corrected chi connectivity index (χ1v) is 8.22. The topological polar surface area (TPSA) is 75.9 Å². The number of rotatable bonds is 4. The molecule has 5 nitrogen and oxygen atoms in total. The quantitative estimate of drug-likeness (QED) is 0.677. The minimum Gasteiger partial charge on any atom is -0.497 e. The molecule has 24 heavy (non-hydrogen) atoms. The molecule has 6 heteroatoms. The highest BCUT2D eigenvalue weighted by Gasteiger charge is 2.26. The third-order valence-corrected chi connectivity index (χ3v) is 4.71. The second kappa shape index (κ2) is 6.38. The summed E-state index contributed by atoms with van der Waals surface area (Å²) in [6, 6.07) is 9.19. The van der Waals surface area contributed by atoms with Crippen molar-refractivity contribution in [2.45, 2.75) is 19.8 Å². The fraction of sp³-hybridized carbons (Fsp3) is 0.222. The van der Waals surface area contributed by atoms with E-state index in [0.717, 1.165) is 11.4 Å². The average molecular weight is 337 g/mol. The molecule has 0 amide bonds. The molecule has 2 heterocycles. The van der Waals surface area contributed by atoms with Crippen molar-refractivity contribution < 1.29 is 9.53 Å². The SMILES string of the molecule is COc1ccc2nc(C)cc(C(=O)[C@H](C#N)c3nc(C)cs3)c2c1. The van der Waals surface area contributed by atoms with Crippen LogP contribution in [0, 0.1) is 25.2 Å². The number of pyridine rings is 1. The molecule has 0 unspecified atom stereocenters. The summed E-state index contributed by atoms with van der Waals surface area (Å²) in [5.41, 5.74) is 2.70. The van der Waals surface area contributed by atoms with Gasteiger partial charge in [0.1, 0.15) is 10.8 Å². The van der Waals surface area contributed by atoms with Crippen molar-refractivity contribution in [3.63, 3.8) is 0 Å². The summed E-state index contributed by atoms with van der Waals surface area (Å²) in [7, 11) is 1.57. The van der Waals surface area contributed by atoms with E-state index in [0.29, 0.717) is 27.2 Å². The zero-order valence-electron chi connectivity index (χ0n) is 13.5. The smallest absolute Gasteiger partial charge is 0.187 e. The zero-order chi connectivity index (χ0) is 17.3. The molecule has 0 radical (unpaired) electrons. The number of aryl methyl sites for hydroxylation is 2. The average Bonchev–Trinajstić information content (AvgIpc) is 3.00. The maximum Gasteiger partial charge on any atom is 0.187 e. The van der Waals surface area contributed by atoms with Gasteiger partial charge in [0.2, 0.25) is 0 Å². The van der Waals surface area contributed by atoms with E-state index in [9.17, 15) is 10.1 Å². The van der Waals surface area contributed by atoms with Crippen molar-refractivity contribution in [3.05, 3.63) is 51.6 Å². The van der Waals surface area contributed by atoms with Crippen LogP contribution in [0.4, 0.5) is 0 Å². The molecule has 0 aliphatic heterocycles. The van der Waals surface area contributed by atoms with Gasteiger partial charge in [0.15, 0.2) is 11.7 Å². The maximum atomic E-state index is 13.0. The number of carbonyl (C=O) groups excluding carboxylic acids is 1. The largest absolute Gasteiger partial charge is 0.497 e. The highest BCUT2D eigenvalue weighted by molar-refractivity contribution is 7.10. The summed E-state index contributed by atoms with van der Waals surface area (Å²) in [6.07, 6.45) is 0. The van der Waals surface area contributed by atoms with E-state index >= 15 is 0 Å². The van der Waals surface area contributed by atoms with Gasteiger partial charge in [-0.2, -0.15) is 5.26 Å². The molecule has 0 N–H and O–H groups in total. The molecule has 2 aromatic heterocycles. The van der Waals surface area contributed by atoms with Gasteiger partial charge in [0.05, 0.1) is 18.7 Å². The Balaban J connectivity index is 2.16. The van der Waals surface area contributed by atoms with Crippen LogP contribution in [0.3, 0.4) is 0 Å². The fourth-order valence-corrected chi connectivity index (χ4v) is 3.39. The van der Waals surface area contributed by atoms with Gasteiger partial charge in [-0.1, -0.05) is 0 Å². The number of hydrogen-bond donors (Lipinski definition) is 0. The third kappa shape index (κ3) is 2.86. The van der Waals surface area contributed by atoms with Crippen LogP contribution in [0.1, 0.15) is 32.7 Å². The van der Waals surface area contributed by atoms with Crippen LogP contribution >= 0.6 is 11.3 Å². The lowest BCUT2D eigenvalue weighted by Gasteiger charge is -2.11. The first-order valence-electron chi connectivity index (χ1n) is 7.34. The molecule has 0 saturated carbocycles. The summed E-state index contributed by atoms with van der Waals surface area (Å²) >= 11 is 1.33. The maximum absolute atomic E-state index is 13.0. The van der Waals surface area contributed by atoms with Crippen LogP contribution in [0.2, 0.25) is 0 Å². The van der Waals surface area contributed by atoms with Crippen molar-refractivity contribution in [1.82, 2.24) is 9.97 Å². The van der Waals surface area contributed by atoms with Crippen LogP contribution in [0.5, 0.6) is 5.75 Å². The Morgan fingerprint density at radius 3 is 2.67 bits per heavy atom. The van der Waals surface area contributed by atoms with E-state index in [1.54, 1.807) is 25.3 Å². The molecule has 0 spiro atoms. The first-order chi connectivity index (χ1) is 11.5. The van der Waals surface area contributed by atoms with Crippen molar-refractivity contribution in [2.75, 3.05) is 7.11 Å². The van der Waals surface area contributed by atoms with E-state index < -0.39 is 5.92 Å². The Bertz CT molecular complexity index is 972. The van der Waals surface area contributed by atoms with Crippen molar-refractivity contribution in [3.8, 4) is 11.8 Å². The molecule has 0 bridgehead atoms. The number of nitriles is 1. The summed E-state index contributed by atoms with van der Waals surface area (Å²) in [6.45, 7) is 3.67. The Morgan fingerprint density at radius 2 is 2.04 bits per heavy atom. The van der Waals surface area contributed by atoms with Gasteiger partial charge in [-0.25, -0.2) is 4.98 Å². The Morgan fingerprint density at radius 1 is 1.25 bits per heavy atom. The number of aromatic nitrogens is 2. The second-order valence-electron chi connectivity index (χ2n) is 5.45. The van der Waals surface area contributed by atoms with Gasteiger partial charge in [-0.15, -0.1) is 11.3 Å². The molecule has 120 valence electrons. The predicted molar refractivity (Wildman–Crippen MR) is 92.6 cm³/mol. The van der Waals surface area contributed by atoms with Gasteiger partial charge in [-0.05, 0) is 38.1 Å². The number of nitrogens with zero attached hydrogens (tertiary/aromatic N) is 3. The number of hydrogen-bond acceptors (Lipinski definition) is 6. The summed E-state index contributed by atoms with van der Waals surface area (Å²) in [5.74, 6) is -0.545. The predicted octanol–water partition coefficient (Wildman–Crippen LogP) is 3.81. The number of carbonyl (C=O) groups is 1. The number of ketones is 1. The highest BCUT2D eigenvalue weighted by Crippen LogP contribution is 2.29. The minimum absolute atomic E-state index is 0.268. The third-order valence-electron chi connectivity index (χ3n) is 3.68. The van der Waals surface area contributed by atoms with Gasteiger partial charge >= 0.3 is 0 Å². The Labute approximate surface area is 143 Å². The Kier molecular flexibility index (Phi) is 4.28. The molecule has 0 aliphatic rings. The fourth-order valence-electron chi connectivity index (χ4n) is 2.55. The lowest BCUT2D eigenvalue weighted by molar-refractivity contribution is 0.0980.